The first-order chi connectivity index (χ1) is 10.6. The number of rotatable bonds is 3. The smallest absolute Gasteiger partial charge is 0.383 e. The summed E-state index contributed by atoms with van der Waals surface area (Å²) >= 11 is 0. The van der Waals surface area contributed by atoms with Crippen LogP contribution in [-0.2, 0) is 9.84 Å². The molecule has 1 aromatic carbocycles. The van der Waals surface area contributed by atoms with Crippen molar-refractivity contribution >= 4 is 9.84 Å². The summed E-state index contributed by atoms with van der Waals surface area (Å²) in [4.78, 5) is 2.18. The van der Waals surface area contributed by atoms with Crippen molar-refractivity contribution in [2.45, 2.75) is 16.5 Å². The second kappa shape index (κ2) is 5.85. The van der Waals surface area contributed by atoms with Crippen molar-refractivity contribution in [1.82, 2.24) is 4.98 Å². The molecule has 0 amide bonds. The average molecular weight is 353 g/mol. The summed E-state index contributed by atoms with van der Waals surface area (Å²) in [5.41, 5.74) is -6.40. The van der Waals surface area contributed by atoms with Gasteiger partial charge in [0.2, 0.25) is 0 Å². The number of halogens is 5. The summed E-state index contributed by atoms with van der Waals surface area (Å²) in [5.74, 6) is -2.30. The minimum atomic E-state index is -5.54. The predicted molar refractivity (Wildman–Crippen MR) is 67.9 cm³/mol. The highest BCUT2D eigenvalue weighted by Gasteiger charge is 2.46. The lowest BCUT2D eigenvalue weighted by molar-refractivity contribution is -0.0436. The van der Waals surface area contributed by atoms with Crippen LogP contribution in [0.15, 0.2) is 41.6 Å². The number of aliphatic hydroxyl groups excluding tert-OH is 1. The largest absolute Gasteiger partial charge is 0.501 e. The van der Waals surface area contributed by atoms with E-state index >= 15 is 0 Å². The Hall–Kier alpha value is -2.07. The number of aliphatic hydroxyl groups is 1. The molecule has 1 N–H and O–H groups in total. The summed E-state index contributed by atoms with van der Waals surface area (Å²) in [5, 5.41) is 9.93. The second-order valence-electron chi connectivity index (χ2n) is 4.44. The molecule has 1 aromatic heterocycles. The van der Waals surface area contributed by atoms with Crippen LogP contribution >= 0.6 is 0 Å². The first-order valence-electron chi connectivity index (χ1n) is 5.94. The Morgan fingerprint density at radius 3 is 1.91 bits per heavy atom. The lowest BCUT2D eigenvalue weighted by Crippen LogP contribution is -2.23. The maximum Gasteiger partial charge on any atom is 0.501 e. The molecule has 0 bridgehead atoms. The van der Waals surface area contributed by atoms with Gasteiger partial charge < -0.3 is 5.11 Å². The first kappa shape index (κ1) is 17.3. The van der Waals surface area contributed by atoms with Gasteiger partial charge in [-0.1, -0.05) is 12.1 Å². The Bertz CT molecular complexity index is 798. The predicted octanol–water partition coefficient (Wildman–Crippen LogP) is 2.74. The van der Waals surface area contributed by atoms with Crippen molar-refractivity contribution in [2.75, 3.05) is 0 Å². The van der Waals surface area contributed by atoms with Crippen molar-refractivity contribution in [3.63, 3.8) is 0 Å². The van der Waals surface area contributed by atoms with Gasteiger partial charge in [0.1, 0.15) is 6.10 Å². The van der Waals surface area contributed by atoms with Crippen molar-refractivity contribution in [3.8, 4) is 0 Å². The number of aromatic nitrogens is 1. The zero-order valence-electron chi connectivity index (χ0n) is 11.1. The van der Waals surface area contributed by atoms with E-state index in [0.717, 1.165) is 12.1 Å². The molecule has 0 aliphatic carbocycles. The molecule has 1 heterocycles. The number of hydrogen-bond acceptors (Lipinski definition) is 4. The van der Waals surface area contributed by atoms with E-state index in [1.165, 1.54) is 0 Å². The van der Waals surface area contributed by atoms with Gasteiger partial charge in [-0.2, -0.15) is 13.2 Å². The summed E-state index contributed by atoms with van der Waals surface area (Å²) in [6, 6.07) is 2.86. The quantitative estimate of drug-likeness (QED) is 0.862. The molecule has 0 aliphatic heterocycles. The van der Waals surface area contributed by atoms with Gasteiger partial charge in [-0.05, 0) is 17.7 Å². The molecular weight excluding hydrogens is 345 g/mol. The van der Waals surface area contributed by atoms with Crippen LogP contribution in [0.4, 0.5) is 22.0 Å². The van der Waals surface area contributed by atoms with Crippen LogP contribution in [0.2, 0.25) is 0 Å². The van der Waals surface area contributed by atoms with Gasteiger partial charge in [-0.3, -0.25) is 4.98 Å². The lowest BCUT2D eigenvalue weighted by Gasteiger charge is -2.14. The van der Waals surface area contributed by atoms with Gasteiger partial charge in [0.05, 0.1) is 22.9 Å². The van der Waals surface area contributed by atoms with E-state index in [2.05, 4.69) is 4.98 Å². The van der Waals surface area contributed by atoms with Crippen LogP contribution in [-0.4, -0.2) is 24.0 Å². The number of alkyl halides is 3. The Labute approximate surface area is 127 Å². The molecule has 10 heteroatoms. The maximum absolute atomic E-state index is 13.5. The number of hydrogen-bond donors (Lipinski definition) is 1. The lowest BCUT2D eigenvalue weighted by atomic mass is 10.0. The highest BCUT2D eigenvalue weighted by molar-refractivity contribution is 7.92. The first-order valence-corrected chi connectivity index (χ1v) is 7.42. The van der Waals surface area contributed by atoms with Gasteiger partial charge in [-0.25, -0.2) is 17.2 Å². The van der Waals surface area contributed by atoms with Crippen molar-refractivity contribution in [3.05, 3.63) is 59.4 Å². The highest BCUT2D eigenvalue weighted by Crippen LogP contribution is 2.32. The number of nitrogens with zero attached hydrogens (tertiary/aromatic N) is 1. The normalized spacial score (nSPS) is 13.8. The third-order valence-electron chi connectivity index (χ3n) is 2.97. The van der Waals surface area contributed by atoms with Gasteiger partial charge >= 0.3 is 5.51 Å². The zero-order chi connectivity index (χ0) is 17.4. The van der Waals surface area contributed by atoms with E-state index < -0.39 is 43.5 Å². The molecule has 2 aromatic rings. The fraction of sp³-hybridized carbons (Fsp3) is 0.154. The van der Waals surface area contributed by atoms with Gasteiger partial charge in [0, 0.05) is 0 Å². The summed E-state index contributed by atoms with van der Waals surface area (Å²) in [6.07, 6.45) is -0.519. The van der Waals surface area contributed by atoms with E-state index in [4.69, 9.17) is 0 Å². The van der Waals surface area contributed by atoms with E-state index in [-0.39, 0.29) is 5.56 Å². The fourth-order valence-electron chi connectivity index (χ4n) is 1.81. The molecule has 0 aliphatic rings. The summed E-state index contributed by atoms with van der Waals surface area (Å²) in [7, 11) is -5.54. The molecule has 0 saturated carbocycles. The summed E-state index contributed by atoms with van der Waals surface area (Å²) < 4.78 is 86.6. The Balaban J connectivity index is 2.41. The van der Waals surface area contributed by atoms with E-state index in [1.54, 1.807) is 0 Å². The SMILES string of the molecule is O=S(=O)(c1ccc(C(O)c2c(F)cncc2F)cc1)C(F)(F)F. The van der Waals surface area contributed by atoms with Crippen LogP contribution in [0.3, 0.4) is 0 Å². The van der Waals surface area contributed by atoms with E-state index in [1.807, 2.05) is 0 Å². The van der Waals surface area contributed by atoms with Gasteiger partial charge in [0.25, 0.3) is 9.84 Å². The third kappa shape index (κ3) is 3.17. The number of pyridine rings is 1. The van der Waals surface area contributed by atoms with E-state index in [0.29, 0.717) is 24.5 Å². The van der Waals surface area contributed by atoms with Crippen molar-refractivity contribution in [1.29, 1.82) is 0 Å². The molecule has 2 rings (SSSR count). The Kier molecular flexibility index (Phi) is 4.40. The molecule has 1 unspecified atom stereocenters. The molecule has 0 radical (unpaired) electrons. The van der Waals surface area contributed by atoms with Crippen molar-refractivity contribution in [2.24, 2.45) is 0 Å². The molecule has 0 spiro atoms. The van der Waals surface area contributed by atoms with Crippen LogP contribution in [0.1, 0.15) is 17.2 Å². The molecule has 23 heavy (non-hydrogen) atoms. The third-order valence-corrected chi connectivity index (χ3v) is 4.48. The molecule has 1 atom stereocenters. The van der Waals surface area contributed by atoms with Crippen molar-refractivity contribution < 1.29 is 35.5 Å². The monoisotopic (exact) mass is 353 g/mol. The van der Waals surface area contributed by atoms with Crippen LogP contribution in [0.25, 0.3) is 0 Å². The molecule has 4 nitrogen and oxygen atoms in total. The van der Waals surface area contributed by atoms with Crippen LogP contribution in [0.5, 0.6) is 0 Å². The zero-order valence-corrected chi connectivity index (χ0v) is 11.9. The standard InChI is InChI=1S/C13H8F5NO3S/c14-9-5-19-6-10(15)11(9)12(20)7-1-3-8(4-2-7)23(21,22)13(16,17)18/h1-6,12,20H. The topological polar surface area (TPSA) is 67.3 Å². The maximum atomic E-state index is 13.5. The average Bonchev–Trinajstić information content (AvgIpc) is 2.46. The molecule has 0 saturated heterocycles. The Morgan fingerprint density at radius 1 is 1.00 bits per heavy atom. The van der Waals surface area contributed by atoms with Crippen LogP contribution < -0.4 is 0 Å². The minimum Gasteiger partial charge on any atom is -0.383 e. The number of sulfone groups is 1. The molecule has 124 valence electrons. The Morgan fingerprint density at radius 2 is 1.48 bits per heavy atom. The molecular formula is C13H8F5NO3S. The van der Waals surface area contributed by atoms with E-state index in [9.17, 15) is 35.5 Å². The van der Waals surface area contributed by atoms with Crippen LogP contribution in [0, 0.1) is 11.6 Å². The van der Waals surface area contributed by atoms with Gasteiger partial charge in [0.15, 0.2) is 11.6 Å². The summed E-state index contributed by atoms with van der Waals surface area (Å²) in [6.45, 7) is 0. The highest BCUT2D eigenvalue weighted by atomic mass is 32.2. The number of benzene rings is 1. The minimum absolute atomic E-state index is 0.185. The fourth-order valence-corrected chi connectivity index (χ4v) is 2.57. The second-order valence-corrected chi connectivity index (χ2v) is 6.38. The molecule has 0 fully saturated rings. The van der Waals surface area contributed by atoms with Gasteiger partial charge in [-0.15, -0.1) is 0 Å².